The molecular formula is C16H23N3O. The molecule has 1 unspecified atom stereocenters. The van der Waals surface area contributed by atoms with E-state index < -0.39 is 0 Å². The molecule has 108 valence electrons. The summed E-state index contributed by atoms with van der Waals surface area (Å²) in [7, 11) is 0. The molecule has 1 fully saturated rings. The number of imidazole rings is 1. The minimum atomic E-state index is 0.325. The summed E-state index contributed by atoms with van der Waals surface area (Å²) < 4.78 is 8.14. The molecule has 0 bridgehead atoms. The Morgan fingerprint density at radius 1 is 1.40 bits per heavy atom. The molecule has 0 aromatic carbocycles. The molecule has 4 heteroatoms. The maximum Gasteiger partial charge on any atom is 0.159 e. The average Bonchev–Trinajstić information content (AvgIpc) is 2.78. The first-order valence-electron chi connectivity index (χ1n) is 7.66. The lowest BCUT2D eigenvalue weighted by Crippen LogP contribution is -2.23. The van der Waals surface area contributed by atoms with Gasteiger partial charge in [0.1, 0.15) is 11.3 Å². The predicted molar refractivity (Wildman–Crippen MR) is 79.7 cm³/mol. The molecule has 1 aliphatic heterocycles. The summed E-state index contributed by atoms with van der Waals surface area (Å²) in [4.78, 5) is 9.29. The first kappa shape index (κ1) is 13.6. The lowest BCUT2D eigenvalue weighted by molar-refractivity contribution is 0.0151. The Kier molecular flexibility index (Phi) is 4.01. The van der Waals surface area contributed by atoms with Crippen LogP contribution in [0.2, 0.25) is 0 Å². The number of ether oxygens (including phenoxy) is 1. The van der Waals surface area contributed by atoms with Crippen LogP contribution in [-0.2, 0) is 17.7 Å². The Morgan fingerprint density at radius 3 is 3.05 bits per heavy atom. The summed E-state index contributed by atoms with van der Waals surface area (Å²) in [6.07, 6.45) is 6.70. The number of hydrogen-bond acceptors (Lipinski definition) is 3. The van der Waals surface area contributed by atoms with E-state index in [0.717, 1.165) is 43.0 Å². The van der Waals surface area contributed by atoms with E-state index in [9.17, 15) is 0 Å². The molecule has 1 saturated heterocycles. The highest BCUT2D eigenvalue weighted by Crippen LogP contribution is 2.21. The molecule has 1 atom stereocenters. The van der Waals surface area contributed by atoms with E-state index in [1.54, 1.807) is 0 Å². The Morgan fingerprint density at radius 2 is 2.30 bits per heavy atom. The van der Waals surface area contributed by atoms with E-state index in [1.807, 2.05) is 18.3 Å². The fourth-order valence-corrected chi connectivity index (χ4v) is 2.89. The summed E-state index contributed by atoms with van der Waals surface area (Å²) in [5, 5.41) is 0. The van der Waals surface area contributed by atoms with Crippen molar-refractivity contribution < 1.29 is 4.74 Å². The summed E-state index contributed by atoms with van der Waals surface area (Å²) in [6.45, 7) is 6.33. The smallest absolute Gasteiger partial charge is 0.159 e. The van der Waals surface area contributed by atoms with Crippen molar-refractivity contribution in [2.75, 3.05) is 6.61 Å². The second-order valence-electron chi connectivity index (χ2n) is 6.07. The van der Waals surface area contributed by atoms with Gasteiger partial charge in [0.25, 0.3) is 0 Å². The fraction of sp³-hybridized carbons (Fsp3) is 0.625. The van der Waals surface area contributed by atoms with Crippen LogP contribution >= 0.6 is 0 Å². The number of aromatic nitrogens is 3. The summed E-state index contributed by atoms with van der Waals surface area (Å²) in [5.74, 6) is 1.71. The normalized spacial score (nSPS) is 19.9. The van der Waals surface area contributed by atoms with Crippen LogP contribution < -0.4 is 0 Å². The van der Waals surface area contributed by atoms with Crippen molar-refractivity contribution in [3.05, 3.63) is 24.2 Å². The molecular weight excluding hydrogens is 250 g/mol. The summed E-state index contributed by atoms with van der Waals surface area (Å²) in [5.41, 5.74) is 2.01. The second-order valence-corrected chi connectivity index (χ2v) is 6.07. The average molecular weight is 273 g/mol. The zero-order valence-electron chi connectivity index (χ0n) is 12.4. The number of fused-ring (bicyclic) bond motifs is 1. The third kappa shape index (κ3) is 2.85. The number of rotatable bonds is 4. The van der Waals surface area contributed by atoms with Gasteiger partial charge in [-0.3, -0.25) is 0 Å². The number of pyridine rings is 1. The topological polar surface area (TPSA) is 39.9 Å². The molecule has 2 aromatic rings. The molecule has 0 saturated carbocycles. The van der Waals surface area contributed by atoms with Crippen LogP contribution in [0.5, 0.6) is 0 Å². The van der Waals surface area contributed by atoms with Crippen LogP contribution in [0, 0.1) is 5.92 Å². The van der Waals surface area contributed by atoms with Crippen LogP contribution in [-0.4, -0.2) is 27.2 Å². The Labute approximate surface area is 120 Å². The minimum Gasteiger partial charge on any atom is -0.378 e. The highest BCUT2D eigenvalue weighted by atomic mass is 16.5. The first-order chi connectivity index (χ1) is 9.74. The second kappa shape index (κ2) is 5.92. The number of nitrogens with zero attached hydrogens (tertiary/aromatic N) is 3. The molecule has 2 aromatic heterocycles. The largest absolute Gasteiger partial charge is 0.378 e. The Bertz CT molecular complexity index is 570. The van der Waals surface area contributed by atoms with Gasteiger partial charge in [-0.1, -0.05) is 13.8 Å². The van der Waals surface area contributed by atoms with Crippen LogP contribution in [0.15, 0.2) is 18.3 Å². The standard InChI is InChI=1S/C16H23N3O/c1-12(2)11-19-15(10-13-6-3-4-9-20-13)18-14-7-5-8-17-16(14)19/h5,7-8,12-13H,3-4,6,9-11H2,1-2H3. The quantitative estimate of drug-likeness (QED) is 0.859. The van der Waals surface area contributed by atoms with Gasteiger partial charge < -0.3 is 9.30 Å². The van der Waals surface area contributed by atoms with Crippen molar-refractivity contribution in [2.24, 2.45) is 5.92 Å². The van der Waals surface area contributed by atoms with Crippen LogP contribution in [0.3, 0.4) is 0 Å². The lowest BCUT2D eigenvalue weighted by Gasteiger charge is -2.22. The maximum atomic E-state index is 5.86. The van der Waals surface area contributed by atoms with E-state index >= 15 is 0 Å². The van der Waals surface area contributed by atoms with Crippen LogP contribution in [0.4, 0.5) is 0 Å². The summed E-state index contributed by atoms with van der Waals surface area (Å²) >= 11 is 0. The van der Waals surface area contributed by atoms with Gasteiger partial charge in [0.2, 0.25) is 0 Å². The van der Waals surface area contributed by atoms with Crippen molar-refractivity contribution >= 4 is 11.2 Å². The van der Waals surface area contributed by atoms with Gasteiger partial charge in [-0.15, -0.1) is 0 Å². The molecule has 0 spiro atoms. The highest BCUT2D eigenvalue weighted by Gasteiger charge is 2.19. The number of hydrogen-bond donors (Lipinski definition) is 0. The van der Waals surface area contributed by atoms with Crippen LogP contribution in [0.25, 0.3) is 11.2 Å². The minimum absolute atomic E-state index is 0.325. The van der Waals surface area contributed by atoms with Crippen molar-refractivity contribution in [2.45, 2.75) is 52.2 Å². The highest BCUT2D eigenvalue weighted by molar-refractivity contribution is 5.71. The molecule has 0 N–H and O–H groups in total. The van der Waals surface area contributed by atoms with Gasteiger partial charge in [-0.25, -0.2) is 9.97 Å². The molecule has 0 aliphatic carbocycles. The van der Waals surface area contributed by atoms with E-state index in [2.05, 4.69) is 23.4 Å². The molecule has 0 amide bonds. The van der Waals surface area contributed by atoms with Gasteiger partial charge in [-0.2, -0.15) is 0 Å². The van der Waals surface area contributed by atoms with Crippen molar-refractivity contribution in [1.29, 1.82) is 0 Å². The van der Waals surface area contributed by atoms with Crippen molar-refractivity contribution in [3.63, 3.8) is 0 Å². The molecule has 1 aliphatic rings. The van der Waals surface area contributed by atoms with Crippen LogP contribution in [0.1, 0.15) is 38.9 Å². The van der Waals surface area contributed by atoms with E-state index in [4.69, 9.17) is 9.72 Å². The van der Waals surface area contributed by atoms with Gasteiger partial charge >= 0.3 is 0 Å². The zero-order valence-corrected chi connectivity index (χ0v) is 12.4. The molecule has 3 rings (SSSR count). The lowest BCUT2D eigenvalue weighted by atomic mass is 10.1. The van der Waals surface area contributed by atoms with E-state index in [-0.39, 0.29) is 0 Å². The molecule has 3 heterocycles. The van der Waals surface area contributed by atoms with Gasteiger partial charge in [0, 0.05) is 25.8 Å². The fourth-order valence-electron chi connectivity index (χ4n) is 2.89. The summed E-state index contributed by atoms with van der Waals surface area (Å²) in [6, 6.07) is 4.00. The van der Waals surface area contributed by atoms with Crippen molar-refractivity contribution in [3.8, 4) is 0 Å². The van der Waals surface area contributed by atoms with Gasteiger partial charge in [0.15, 0.2) is 5.65 Å². The Balaban J connectivity index is 1.91. The monoisotopic (exact) mass is 273 g/mol. The predicted octanol–water partition coefficient (Wildman–Crippen LogP) is 3.20. The zero-order chi connectivity index (χ0) is 13.9. The third-order valence-corrected chi connectivity index (χ3v) is 3.81. The first-order valence-corrected chi connectivity index (χ1v) is 7.66. The van der Waals surface area contributed by atoms with E-state index in [1.165, 1.54) is 12.8 Å². The molecule has 4 nitrogen and oxygen atoms in total. The SMILES string of the molecule is CC(C)Cn1c(CC2CCCCO2)nc2cccnc21. The molecule has 20 heavy (non-hydrogen) atoms. The van der Waals surface area contributed by atoms with Gasteiger partial charge in [0.05, 0.1) is 6.10 Å². The third-order valence-electron chi connectivity index (χ3n) is 3.81. The maximum absolute atomic E-state index is 5.86. The van der Waals surface area contributed by atoms with Gasteiger partial charge in [-0.05, 0) is 37.3 Å². The Hall–Kier alpha value is -1.42. The van der Waals surface area contributed by atoms with Crippen molar-refractivity contribution in [1.82, 2.24) is 14.5 Å². The van der Waals surface area contributed by atoms with E-state index in [0.29, 0.717) is 12.0 Å². The molecule has 0 radical (unpaired) electrons.